The molecule has 0 aliphatic carbocycles. The molecule has 1 aliphatic heterocycles. The van der Waals surface area contributed by atoms with Crippen molar-refractivity contribution in [3.05, 3.63) is 65.7 Å². The number of hydrogen-bond acceptors (Lipinski definition) is 4. The minimum atomic E-state index is -0.191. The number of rotatable bonds is 9. The lowest BCUT2D eigenvalue weighted by Crippen LogP contribution is -2.50. The van der Waals surface area contributed by atoms with Gasteiger partial charge in [-0.25, -0.2) is 0 Å². The van der Waals surface area contributed by atoms with Crippen molar-refractivity contribution < 1.29 is 14.3 Å². The fourth-order valence-corrected chi connectivity index (χ4v) is 3.91. The first-order valence-corrected chi connectivity index (χ1v) is 11.0. The Balaban J connectivity index is 1.36. The van der Waals surface area contributed by atoms with E-state index in [1.54, 1.807) is 7.11 Å². The van der Waals surface area contributed by atoms with Crippen LogP contribution >= 0.6 is 0 Å². The Morgan fingerprint density at radius 2 is 1.68 bits per heavy atom. The quantitative estimate of drug-likeness (QED) is 0.651. The summed E-state index contributed by atoms with van der Waals surface area (Å²) >= 11 is 0. The van der Waals surface area contributed by atoms with E-state index in [-0.39, 0.29) is 23.8 Å². The lowest BCUT2D eigenvalue weighted by Gasteiger charge is -2.34. The van der Waals surface area contributed by atoms with E-state index in [1.807, 2.05) is 61.5 Å². The first-order chi connectivity index (χ1) is 15.1. The molecule has 0 saturated carbocycles. The zero-order valence-corrected chi connectivity index (χ0v) is 18.5. The highest BCUT2D eigenvalue weighted by molar-refractivity contribution is 5.81. The first-order valence-electron chi connectivity index (χ1n) is 11.0. The molecule has 31 heavy (non-hydrogen) atoms. The molecular formula is C25H33N3O3. The minimum Gasteiger partial charge on any atom is -0.497 e. The maximum absolute atomic E-state index is 12.6. The van der Waals surface area contributed by atoms with Crippen LogP contribution in [0.3, 0.4) is 0 Å². The Labute approximate surface area is 185 Å². The molecule has 0 radical (unpaired) electrons. The van der Waals surface area contributed by atoms with Gasteiger partial charge in [0.15, 0.2) is 0 Å². The van der Waals surface area contributed by atoms with Gasteiger partial charge in [0.25, 0.3) is 0 Å². The maximum atomic E-state index is 12.6. The van der Waals surface area contributed by atoms with Gasteiger partial charge in [-0.2, -0.15) is 0 Å². The first kappa shape index (κ1) is 22.8. The average molecular weight is 424 g/mol. The summed E-state index contributed by atoms with van der Waals surface area (Å²) in [5.74, 6) is 1.00. The Hall–Kier alpha value is -2.86. The smallest absolute Gasteiger partial charge is 0.237 e. The summed E-state index contributed by atoms with van der Waals surface area (Å²) in [6.07, 6.45) is 2.35. The van der Waals surface area contributed by atoms with Gasteiger partial charge in [-0.1, -0.05) is 42.5 Å². The summed E-state index contributed by atoms with van der Waals surface area (Å²) in [6, 6.07) is 17.6. The SMILES string of the molecule is COc1ccc(CCNC(=O)C(C)N2CCC(C(=O)NCc3ccccc3)CC2)cc1. The van der Waals surface area contributed by atoms with E-state index in [1.165, 1.54) is 0 Å². The van der Waals surface area contributed by atoms with Crippen LogP contribution in [0.15, 0.2) is 54.6 Å². The second-order valence-corrected chi connectivity index (χ2v) is 8.08. The summed E-state index contributed by atoms with van der Waals surface area (Å²) < 4.78 is 5.17. The number of hydrogen-bond donors (Lipinski definition) is 2. The van der Waals surface area contributed by atoms with E-state index in [2.05, 4.69) is 15.5 Å². The fraction of sp³-hybridized carbons (Fsp3) is 0.440. The van der Waals surface area contributed by atoms with Crippen molar-refractivity contribution in [2.75, 3.05) is 26.7 Å². The minimum absolute atomic E-state index is 0.0188. The van der Waals surface area contributed by atoms with E-state index < -0.39 is 0 Å². The van der Waals surface area contributed by atoms with Crippen molar-refractivity contribution in [3.63, 3.8) is 0 Å². The van der Waals surface area contributed by atoms with Crippen molar-refractivity contribution in [2.24, 2.45) is 5.92 Å². The Kier molecular flexibility index (Phi) is 8.47. The van der Waals surface area contributed by atoms with Crippen LogP contribution in [0.1, 0.15) is 30.9 Å². The third-order valence-corrected chi connectivity index (χ3v) is 6.01. The zero-order valence-electron chi connectivity index (χ0n) is 18.5. The van der Waals surface area contributed by atoms with E-state index in [0.29, 0.717) is 13.1 Å². The monoisotopic (exact) mass is 423 g/mol. The predicted molar refractivity (Wildman–Crippen MR) is 122 cm³/mol. The average Bonchev–Trinajstić information content (AvgIpc) is 2.83. The number of amides is 2. The van der Waals surface area contributed by atoms with Crippen LogP contribution in [0.2, 0.25) is 0 Å². The molecule has 3 rings (SSSR count). The molecular weight excluding hydrogens is 390 g/mol. The lowest BCUT2D eigenvalue weighted by molar-refractivity contribution is -0.128. The van der Waals surface area contributed by atoms with Crippen LogP contribution in [0.5, 0.6) is 5.75 Å². The topological polar surface area (TPSA) is 70.7 Å². The molecule has 1 fully saturated rings. The fourth-order valence-electron chi connectivity index (χ4n) is 3.91. The third kappa shape index (κ3) is 6.82. The molecule has 1 aliphatic rings. The summed E-state index contributed by atoms with van der Waals surface area (Å²) in [6.45, 7) is 4.63. The summed E-state index contributed by atoms with van der Waals surface area (Å²) in [7, 11) is 1.65. The molecule has 2 N–H and O–H groups in total. The highest BCUT2D eigenvalue weighted by Crippen LogP contribution is 2.19. The van der Waals surface area contributed by atoms with Gasteiger partial charge in [0.2, 0.25) is 11.8 Å². The summed E-state index contributed by atoms with van der Waals surface area (Å²) in [4.78, 5) is 27.2. The normalized spacial score (nSPS) is 15.8. The molecule has 6 heteroatoms. The van der Waals surface area contributed by atoms with Gasteiger partial charge in [0.1, 0.15) is 5.75 Å². The second-order valence-electron chi connectivity index (χ2n) is 8.08. The number of likely N-dealkylation sites (tertiary alicyclic amines) is 1. The zero-order chi connectivity index (χ0) is 22.1. The van der Waals surface area contributed by atoms with Crippen LogP contribution in [0, 0.1) is 5.92 Å². The number of carbonyl (C=O) groups excluding carboxylic acids is 2. The van der Waals surface area contributed by atoms with Crippen LogP contribution < -0.4 is 15.4 Å². The van der Waals surface area contributed by atoms with Crippen molar-refractivity contribution >= 4 is 11.8 Å². The van der Waals surface area contributed by atoms with Crippen molar-refractivity contribution in [2.45, 2.75) is 38.8 Å². The molecule has 2 aromatic carbocycles. The van der Waals surface area contributed by atoms with Crippen LogP contribution in [0.4, 0.5) is 0 Å². The molecule has 1 unspecified atom stereocenters. The van der Waals surface area contributed by atoms with E-state index >= 15 is 0 Å². The summed E-state index contributed by atoms with van der Waals surface area (Å²) in [5, 5.41) is 6.08. The Morgan fingerprint density at radius 1 is 1.00 bits per heavy atom. The molecule has 1 heterocycles. The molecule has 0 bridgehead atoms. The molecule has 1 saturated heterocycles. The van der Waals surface area contributed by atoms with Gasteiger partial charge >= 0.3 is 0 Å². The van der Waals surface area contributed by atoms with Crippen LogP contribution in [-0.4, -0.2) is 49.5 Å². The van der Waals surface area contributed by atoms with Crippen LogP contribution in [0.25, 0.3) is 0 Å². The number of nitrogens with zero attached hydrogens (tertiary/aromatic N) is 1. The molecule has 2 amide bonds. The summed E-state index contributed by atoms with van der Waals surface area (Å²) in [5.41, 5.74) is 2.27. The number of ether oxygens (including phenoxy) is 1. The standard InChI is InChI=1S/C25H33N3O3/c1-19(24(29)26-15-12-20-8-10-23(31-2)11-9-20)28-16-13-22(14-17-28)25(30)27-18-21-6-4-3-5-7-21/h3-11,19,22H,12-18H2,1-2H3,(H,26,29)(H,27,30). The van der Waals surface area contributed by atoms with E-state index in [9.17, 15) is 9.59 Å². The highest BCUT2D eigenvalue weighted by Gasteiger charge is 2.29. The number of methoxy groups -OCH3 is 1. The van der Waals surface area contributed by atoms with Gasteiger partial charge in [0.05, 0.1) is 13.2 Å². The predicted octanol–water partition coefficient (Wildman–Crippen LogP) is 2.77. The highest BCUT2D eigenvalue weighted by atomic mass is 16.5. The second kappa shape index (κ2) is 11.5. The third-order valence-electron chi connectivity index (χ3n) is 6.01. The van der Waals surface area contributed by atoms with Crippen molar-refractivity contribution in [3.8, 4) is 5.75 Å². The van der Waals surface area contributed by atoms with Gasteiger partial charge in [0, 0.05) is 19.0 Å². The number of carbonyl (C=O) groups is 2. The number of benzene rings is 2. The molecule has 2 aromatic rings. The van der Waals surface area contributed by atoms with Gasteiger partial charge in [-0.15, -0.1) is 0 Å². The van der Waals surface area contributed by atoms with Gasteiger partial charge in [-0.05, 0) is 62.5 Å². The molecule has 1 atom stereocenters. The van der Waals surface area contributed by atoms with E-state index in [4.69, 9.17) is 4.74 Å². The van der Waals surface area contributed by atoms with Gasteiger partial charge in [-0.3, -0.25) is 14.5 Å². The van der Waals surface area contributed by atoms with Gasteiger partial charge < -0.3 is 15.4 Å². The Morgan fingerprint density at radius 3 is 2.32 bits per heavy atom. The molecule has 0 spiro atoms. The number of piperidine rings is 1. The van der Waals surface area contributed by atoms with Crippen molar-refractivity contribution in [1.82, 2.24) is 15.5 Å². The number of nitrogens with one attached hydrogen (secondary N) is 2. The lowest BCUT2D eigenvalue weighted by atomic mass is 9.94. The maximum Gasteiger partial charge on any atom is 0.237 e. The molecule has 6 nitrogen and oxygen atoms in total. The largest absolute Gasteiger partial charge is 0.497 e. The molecule has 166 valence electrons. The van der Waals surface area contributed by atoms with Crippen LogP contribution in [-0.2, 0) is 22.6 Å². The van der Waals surface area contributed by atoms with E-state index in [0.717, 1.165) is 49.2 Å². The Bertz CT molecular complexity index is 831. The van der Waals surface area contributed by atoms with Crippen molar-refractivity contribution in [1.29, 1.82) is 0 Å². The molecule has 0 aromatic heterocycles.